The van der Waals surface area contributed by atoms with Gasteiger partial charge in [0.1, 0.15) is 5.75 Å². The number of aliphatic hydroxyl groups excluding tert-OH is 2. The smallest absolute Gasteiger partial charge is 0.317 e. The van der Waals surface area contributed by atoms with Gasteiger partial charge in [-0.15, -0.1) is 0 Å². The van der Waals surface area contributed by atoms with Crippen LogP contribution in [0.5, 0.6) is 5.75 Å². The van der Waals surface area contributed by atoms with Crippen molar-refractivity contribution < 1.29 is 19.7 Å². The molecule has 0 radical (unpaired) electrons. The van der Waals surface area contributed by atoms with Gasteiger partial charge in [0.2, 0.25) is 0 Å². The summed E-state index contributed by atoms with van der Waals surface area (Å²) in [5.74, 6) is 0.812. The number of ether oxygens (including phenoxy) is 1. The Morgan fingerprint density at radius 2 is 1.83 bits per heavy atom. The molecule has 6 nitrogen and oxygen atoms in total. The summed E-state index contributed by atoms with van der Waals surface area (Å²) in [5.41, 5.74) is 0.993. The monoisotopic (exact) mass is 332 g/mol. The quantitative estimate of drug-likeness (QED) is 0.688. The lowest BCUT2D eigenvalue weighted by Crippen LogP contribution is -2.42. The topological polar surface area (TPSA) is 82.0 Å². The Hall–Kier alpha value is -2.31. The zero-order valence-corrected chi connectivity index (χ0v) is 13.9. The van der Waals surface area contributed by atoms with Gasteiger partial charge in [0.15, 0.2) is 0 Å². The lowest BCUT2D eigenvalue weighted by molar-refractivity contribution is 0.169. The Morgan fingerprint density at radius 3 is 2.54 bits per heavy atom. The lowest BCUT2D eigenvalue weighted by atomic mass is 10.1. The van der Waals surface area contributed by atoms with E-state index in [0.717, 1.165) is 22.1 Å². The molecule has 0 bridgehead atoms. The number of amides is 2. The first-order chi connectivity index (χ1) is 11.7. The Morgan fingerprint density at radius 1 is 1.08 bits per heavy atom. The third-order valence-corrected chi connectivity index (χ3v) is 3.80. The van der Waals surface area contributed by atoms with Crippen LogP contribution in [0.3, 0.4) is 0 Å². The van der Waals surface area contributed by atoms with E-state index in [1.807, 2.05) is 36.4 Å². The van der Waals surface area contributed by atoms with Crippen LogP contribution in [0.4, 0.5) is 4.79 Å². The van der Waals surface area contributed by atoms with Crippen molar-refractivity contribution in [1.82, 2.24) is 10.2 Å². The summed E-state index contributed by atoms with van der Waals surface area (Å²) >= 11 is 0. The minimum absolute atomic E-state index is 0.0172. The average molecular weight is 332 g/mol. The average Bonchev–Trinajstić information content (AvgIpc) is 2.62. The molecule has 2 aromatic carbocycles. The predicted molar refractivity (Wildman–Crippen MR) is 93.1 cm³/mol. The van der Waals surface area contributed by atoms with E-state index in [4.69, 9.17) is 14.9 Å². The highest BCUT2D eigenvalue weighted by Crippen LogP contribution is 2.21. The van der Waals surface area contributed by atoms with Crippen molar-refractivity contribution in [2.45, 2.75) is 13.0 Å². The Balaban J connectivity index is 1.99. The third-order valence-electron chi connectivity index (χ3n) is 3.80. The summed E-state index contributed by atoms with van der Waals surface area (Å²) in [6.45, 7) is 0.992. The minimum atomic E-state index is -0.243. The second kappa shape index (κ2) is 9.10. The molecule has 0 aliphatic carbocycles. The minimum Gasteiger partial charge on any atom is -0.497 e. The molecule has 0 atom stereocenters. The zero-order valence-electron chi connectivity index (χ0n) is 13.9. The van der Waals surface area contributed by atoms with Crippen LogP contribution in [-0.2, 0) is 6.54 Å². The molecular weight excluding hydrogens is 308 g/mol. The number of benzene rings is 2. The van der Waals surface area contributed by atoms with Gasteiger partial charge in [-0.05, 0) is 41.0 Å². The standard InChI is InChI=1S/C18H24N2O4/c1-24-17-6-5-15-11-14(3-4-16(15)12-17)13-19-18(23)20(8-10-22)7-2-9-21/h3-6,11-12,21-22H,2,7-10,13H2,1H3,(H,19,23). The Kier molecular flexibility index (Phi) is 6.84. The van der Waals surface area contributed by atoms with E-state index in [9.17, 15) is 4.79 Å². The van der Waals surface area contributed by atoms with Gasteiger partial charge in [0.25, 0.3) is 0 Å². The molecule has 0 saturated carbocycles. The number of hydrogen-bond donors (Lipinski definition) is 3. The van der Waals surface area contributed by atoms with Gasteiger partial charge in [-0.2, -0.15) is 0 Å². The summed E-state index contributed by atoms with van der Waals surface area (Å²) in [4.78, 5) is 13.7. The number of hydrogen-bond acceptors (Lipinski definition) is 4. The van der Waals surface area contributed by atoms with Crippen LogP contribution in [0.2, 0.25) is 0 Å². The molecule has 0 unspecified atom stereocenters. The van der Waals surface area contributed by atoms with Crippen molar-refractivity contribution in [1.29, 1.82) is 0 Å². The summed E-state index contributed by atoms with van der Waals surface area (Å²) in [6, 6.07) is 11.6. The molecule has 0 aliphatic heterocycles. The summed E-state index contributed by atoms with van der Waals surface area (Å²) < 4.78 is 5.21. The normalized spacial score (nSPS) is 10.6. The van der Waals surface area contributed by atoms with Gasteiger partial charge in [0.05, 0.1) is 13.7 Å². The third kappa shape index (κ3) is 4.84. The first-order valence-corrected chi connectivity index (χ1v) is 7.99. The van der Waals surface area contributed by atoms with Crippen LogP contribution >= 0.6 is 0 Å². The number of fused-ring (bicyclic) bond motifs is 1. The number of rotatable bonds is 8. The van der Waals surface area contributed by atoms with Crippen LogP contribution in [0, 0.1) is 0 Å². The van der Waals surface area contributed by atoms with E-state index < -0.39 is 0 Å². The number of aliphatic hydroxyl groups is 2. The summed E-state index contributed by atoms with van der Waals surface area (Å²) in [5, 5.41) is 22.9. The van der Waals surface area contributed by atoms with Crippen molar-refractivity contribution in [2.75, 3.05) is 33.4 Å². The molecule has 6 heteroatoms. The van der Waals surface area contributed by atoms with Crippen molar-refractivity contribution in [3.63, 3.8) is 0 Å². The number of nitrogens with one attached hydrogen (secondary N) is 1. The second-order valence-corrected chi connectivity index (χ2v) is 5.49. The molecule has 3 N–H and O–H groups in total. The van der Waals surface area contributed by atoms with E-state index in [-0.39, 0.29) is 25.8 Å². The number of urea groups is 1. The molecule has 0 fully saturated rings. The molecule has 130 valence electrons. The molecule has 0 aliphatic rings. The highest BCUT2D eigenvalue weighted by atomic mass is 16.5. The molecule has 0 aromatic heterocycles. The van der Waals surface area contributed by atoms with Crippen molar-refractivity contribution in [2.24, 2.45) is 0 Å². The van der Waals surface area contributed by atoms with Crippen LogP contribution in [0.1, 0.15) is 12.0 Å². The van der Waals surface area contributed by atoms with Crippen LogP contribution < -0.4 is 10.1 Å². The number of methoxy groups -OCH3 is 1. The lowest BCUT2D eigenvalue weighted by Gasteiger charge is -2.21. The zero-order chi connectivity index (χ0) is 17.4. The fraction of sp³-hybridized carbons (Fsp3) is 0.389. The maximum Gasteiger partial charge on any atom is 0.317 e. The summed E-state index contributed by atoms with van der Waals surface area (Å²) in [7, 11) is 1.64. The maximum atomic E-state index is 12.2. The Labute approximate surface area is 141 Å². The highest BCUT2D eigenvalue weighted by molar-refractivity contribution is 5.84. The fourth-order valence-electron chi connectivity index (χ4n) is 2.50. The largest absolute Gasteiger partial charge is 0.497 e. The first kappa shape index (κ1) is 18.0. The van der Waals surface area contributed by atoms with Gasteiger partial charge >= 0.3 is 6.03 Å². The number of nitrogens with zero attached hydrogens (tertiary/aromatic N) is 1. The van der Waals surface area contributed by atoms with E-state index in [0.29, 0.717) is 19.5 Å². The molecule has 0 heterocycles. The second-order valence-electron chi connectivity index (χ2n) is 5.49. The van der Waals surface area contributed by atoms with Gasteiger partial charge in [-0.25, -0.2) is 4.79 Å². The molecule has 0 saturated heterocycles. The molecule has 2 amide bonds. The Bertz CT molecular complexity index is 675. The van der Waals surface area contributed by atoms with Gasteiger partial charge < -0.3 is 25.2 Å². The van der Waals surface area contributed by atoms with E-state index >= 15 is 0 Å². The molecular formula is C18H24N2O4. The number of carbonyl (C=O) groups excluding carboxylic acids is 1. The molecule has 2 aromatic rings. The molecule has 2 rings (SSSR count). The van der Waals surface area contributed by atoms with Crippen LogP contribution in [0.15, 0.2) is 36.4 Å². The van der Waals surface area contributed by atoms with Crippen LogP contribution in [0.25, 0.3) is 10.8 Å². The maximum absolute atomic E-state index is 12.2. The fourth-order valence-corrected chi connectivity index (χ4v) is 2.50. The van der Waals surface area contributed by atoms with E-state index in [1.54, 1.807) is 7.11 Å². The summed E-state index contributed by atoms with van der Waals surface area (Å²) in [6.07, 6.45) is 0.491. The van der Waals surface area contributed by atoms with Gasteiger partial charge in [0, 0.05) is 26.2 Å². The highest BCUT2D eigenvalue weighted by Gasteiger charge is 2.12. The van der Waals surface area contributed by atoms with Crippen molar-refractivity contribution >= 4 is 16.8 Å². The molecule has 0 spiro atoms. The van der Waals surface area contributed by atoms with Crippen molar-refractivity contribution in [3.05, 3.63) is 42.0 Å². The number of carbonyl (C=O) groups is 1. The van der Waals surface area contributed by atoms with Gasteiger partial charge in [-0.3, -0.25) is 0 Å². The van der Waals surface area contributed by atoms with Gasteiger partial charge in [-0.1, -0.05) is 18.2 Å². The van der Waals surface area contributed by atoms with E-state index in [2.05, 4.69) is 5.32 Å². The van der Waals surface area contributed by atoms with Crippen LogP contribution in [-0.4, -0.2) is 54.6 Å². The van der Waals surface area contributed by atoms with E-state index in [1.165, 1.54) is 4.90 Å². The molecule has 24 heavy (non-hydrogen) atoms. The first-order valence-electron chi connectivity index (χ1n) is 7.99. The SMILES string of the molecule is COc1ccc2cc(CNC(=O)N(CCO)CCCO)ccc2c1. The van der Waals surface area contributed by atoms with Crippen molar-refractivity contribution in [3.8, 4) is 5.75 Å². The predicted octanol–water partition coefficient (Wildman–Crippen LogP) is 1.73.